The second-order valence-corrected chi connectivity index (χ2v) is 3.69. The summed E-state index contributed by atoms with van der Waals surface area (Å²) in [5, 5.41) is 9.36. The standard InChI is InChI=1S/C12H10F2O4/c13-11(14)6-17-5-7-1-2-9-8(3-7)4-10(18-9)12(15)16/h1-4,11H,5-6H2,(H,15,16). The van der Waals surface area contributed by atoms with Crippen LogP contribution in [0.25, 0.3) is 11.0 Å². The van der Waals surface area contributed by atoms with Gasteiger partial charge in [-0.1, -0.05) is 6.07 Å². The van der Waals surface area contributed by atoms with Crippen molar-refractivity contribution in [3.05, 3.63) is 35.6 Å². The summed E-state index contributed by atoms with van der Waals surface area (Å²) < 4.78 is 33.6. The molecular formula is C12H10F2O4. The fourth-order valence-corrected chi connectivity index (χ4v) is 1.55. The zero-order chi connectivity index (χ0) is 13.1. The molecule has 0 radical (unpaired) electrons. The molecule has 0 atom stereocenters. The van der Waals surface area contributed by atoms with Crippen molar-refractivity contribution in [2.75, 3.05) is 6.61 Å². The van der Waals surface area contributed by atoms with Crippen LogP contribution in [0.15, 0.2) is 28.7 Å². The van der Waals surface area contributed by atoms with Gasteiger partial charge in [0.25, 0.3) is 6.43 Å². The van der Waals surface area contributed by atoms with Gasteiger partial charge in [-0.3, -0.25) is 0 Å². The van der Waals surface area contributed by atoms with Crippen LogP contribution < -0.4 is 0 Å². The van der Waals surface area contributed by atoms with Gasteiger partial charge in [-0.15, -0.1) is 0 Å². The Morgan fingerprint density at radius 1 is 1.39 bits per heavy atom. The number of aromatic carboxylic acids is 1. The van der Waals surface area contributed by atoms with Crippen molar-refractivity contribution in [3.8, 4) is 0 Å². The molecule has 2 rings (SSSR count). The molecule has 6 heteroatoms. The Hall–Kier alpha value is -1.95. The number of ether oxygens (including phenoxy) is 1. The molecule has 0 spiro atoms. The molecule has 1 N–H and O–H groups in total. The van der Waals surface area contributed by atoms with Crippen LogP contribution in [0, 0.1) is 0 Å². The molecule has 0 unspecified atom stereocenters. The Kier molecular flexibility index (Phi) is 3.57. The molecule has 0 saturated heterocycles. The molecule has 96 valence electrons. The van der Waals surface area contributed by atoms with E-state index in [1.54, 1.807) is 18.2 Å². The number of carboxylic acids is 1. The van der Waals surface area contributed by atoms with Gasteiger partial charge >= 0.3 is 5.97 Å². The molecular weight excluding hydrogens is 246 g/mol. The minimum Gasteiger partial charge on any atom is -0.475 e. The van der Waals surface area contributed by atoms with Crippen molar-refractivity contribution in [1.29, 1.82) is 0 Å². The van der Waals surface area contributed by atoms with Crippen molar-refractivity contribution in [1.82, 2.24) is 0 Å². The maximum Gasteiger partial charge on any atom is 0.371 e. The second kappa shape index (κ2) is 5.14. The third-order valence-corrected chi connectivity index (χ3v) is 2.30. The summed E-state index contributed by atoms with van der Waals surface area (Å²) in [5.41, 5.74) is 1.12. The zero-order valence-electron chi connectivity index (χ0n) is 9.23. The first-order valence-corrected chi connectivity index (χ1v) is 5.18. The Morgan fingerprint density at radius 3 is 2.83 bits per heavy atom. The lowest BCUT2D eigenvalue weighted by molar-refractivity contribution is 0.00991. The van der Waals surface area contributed by atoms with Gasteiger partial charge in [0.1, 0.15) is 12.2 Å². The van der Waals surface area contributed by atoms with Gasteiger partial charge in [-0.05, 0) is 23.8 Å². The van der Waals surface area contributed by atoms with Crippen LogP contribution in [0.5, 0.6) is 0 Å². The highest BCUT2D eigenvalue weighted by atomic mass is 19.3. The first-order chi connectivity index (χ1) is 8.56. The summed E-state index contributed by atoms with van der Waals surface area (Å²) in [4.78, 5) is 10.7. The zero-order valence-corrected chi connectivity index (χ0v) is 9.23. The van der Waals surface area contributed by atoms with Crippen molar-refractivity contribution >= 4 is 16.9 Å². The average molecular weight is 256 g/mol. The molecule has 0 aliphatic carbocycles. The van der Waals surface area contributed by atoms with Crippen LogP contribution in [-0.4, -0.2) is 24.1 Å². The van der Waals surface area contributed by atoms with Crippen LogP contribution >= 0.6 is 0 Å². The molecule has 4 nitrogen and oxygen atoms in total. The monoisotopic (exact) mass is 256 g/mol. The van der Waals surface area contributed by atoms with Gasteiger partial charge in [0.15, 0.2) is 0 Å². The highest BCUT2D eigenvalue weighted by Crippen LogP contribution is 2.21. The smallest absolute Gasteiger partial charge is 0.371 e. The Balaban J connectivity index is 2.14. The lowest BCUT2D eigenvalue weighted by atomic mass is 10.2. The normalized spacial score (nSPS) is 11.3. The van der Waals surface area contributed by atoms with Gasteiger partial charge in [0.2, 0.25) is 5.76 Å². The molecule has 1 aromatic carbocycles. The molecule has 1 heterocycles. The van der Waals surface area contributed by atoms with E-state index in [9.17, 15) is 13.6 Å². The number of hydrogen-bond donors (Lipinski definition) is 1. The van der Waals surface area contributed by atoms with E-state index in [1.165, 1.54) is 6.07 Å². The second-order valence-electron chi connectivity index (χ2n) is 3.69. The first kappa shape index (κ1) is 12.5. The highest BCUT2D eigenvalue weighted by Gasteiger charge is 2.10. The van der Waals surface area contributed by atoms with Gasteiger partial charge in [-0.2, -0.15) is 0 Å². The number of carbonyl (C=O) groups is 1. The lowest BCUT2D eigenvalue weighted by Gasteiger charge is -2.03. The Bertz CT molecular complexity index is 562. The maximum absolute atomic E-state index is 11.9. The Morgan fingerprint density at radius 2 is 2.17 bits per heavy atom. The SMILES string of the molecule is O=C(O)c1cc2cc(COCC(F)F)ccc2o1. The van der Waals surface area contributed by atoms with Crippen molar-refractivity contribution in [2.45, 2.75) is 13.0 Å². The number of furan rings is 1. The predicted molar refractivity (Wildman–Crippen MR) is 58.8 cm³/mol. The molecule has 0 fully saturated rings. The molecule has 0 saturated carbocycles. The highest BCUT2D eigenvalue weighted by molar-refractivity contribution is 5.91. The van der Waals surface area contributed by atoms with E-state index in [4.69, 9.17) is 14.3 Å². The first-order valence-electron chi connectivity index (χ1n) is 5.18. The number of benzene rings is 1. The van der Waals surface area contributed by atoms with Gasteiger partial charge in [-0.25, -0.2) is 13.6 Å². The summed E-state index contributed by atoms with van der Waals surface area (Å²) in [7, 11) is 0. The van der Waals surface area contributed by atoms with E-state index in [1.807, 2.05) is 0 Å². The lowest BCUT2D eigenvalue weighted by Crippen LogP contribution is -2.03. The maximum atomic E-state index is 11.9. The van der Waals surface area contributed by atoms with E-state index < -0.39 is 19.0 Å². The van der Waals surface area contributed by atoms with Crippen LogP contribution in [0.3, 0.4) is 0 Å². The van der Waals surface area contributed by atoms with E-state index in [2.05, 4.69) is 0 Å². The topological polar surface area (TPSA) is 59.7 Å². The third-order valence-electron chi connectivity index (χ3n) is 2.30. The summed E-state index contributed by atoms with van der Waals surface area (Å²) >= 11 is 0. The molecule has 2 aromatic rings. The number of alkyl halides is 2. The van der Waals surface area contributed by atoms with Gasteiger partial charge < -0.3 is 14.3 Å². The molecule has 18 heavy (non-hydrogen) atoms. The fraction of sp³-hybridized carbons (Fsp3) is 0.250. The summed E-state index contributed by atoms with van der Waals surface area (Å²) in [5.74, 6) is -1.31. The minimum atomic E-state index is -2.50. The number of fused-ring (bicyclic) bond motifs is 1. The summed E-state index contributed by atoms with van der Waals surface area (Å²) in [6.07, 6.45) is -2.50. The summed E-state index contributed by atoms with van der Waals surface area (Å²) in [6.45, 7) is -0.572. The molecule has 0 aliphatic heterocycles. The van der Waals surface area contributed by atoms with Crippen LogP contribution in [0.2, 0.25) is 0 Å². The van der Waals surface area contributed by atoms with Crippen molar-refractivity contribution in [3.63, 3.8) is 0 Å². The van der Waals surface area contributed by atoms with Gasteiger partial charge in [0, 0.05) is 5.39 Å². The Labute approximate surface area is 101 Å². The number of rotatable bonds is 5. The van der Waals surface area contributed by atoms with E-state index >= 15 is 0 Å². The van der Waals surface area contributed by atoms with Crippen LogP contribution in [0.4, 0.5) is 8.78 Å². The molecule has 1 aromatic heterocycles. The molecule has 0 amide bonds. The fourth-order valence-electron chi connectivity index (χ4n) is 1.55. The van der Waals surface area contributed by atoms with E-state index in [0.717, 1.165) is 0 Å². The number of carboxylic acid groups (broad SMARTS) is 1. The van der Waals surface area contributed by atoms with Crippen molar-refractivity contribution in [2.24, 2.45) is 0 Å². The van der Waals surface area contributed by atoms with Crippen LogP contribution in [0.1, 0.15) is 16.1 Å². The van der Waals surface area contributed by atoms with E-state index in [0.29, 0.717) is 16.5 Å². The number of hydrogen-bond acceptors (Lipinski definition) is 3. The third kappa shape index (κ3) is 2.84. The number of halogens is 2. The average Bonchev–Trinajstić information content (AvgIpc) is 2.71. The largest absolute Gasteiger partial charge is 0.475 e. The van der Waals surface area contributed by atoms with Crippen molar-refractivity contribution < 1.29 is 27.8 Å². The van der Waals surface area contributed by atoms with Crippen LogP contribution in [-0.2, 0) is 11.3 Å². The predicted octanol–water partition coefficient (Wildman–Crippen LogP) is 2.91. The van der Waals surface area contributed by atoms with Gasteiger partial charge in [0.05, 0.1) is 6.61 Å². The summed E-state index contributed by atoms with van der Waals surface area (Å²) in [6, 6.07) is 6.26. The van der Waals surface area contributed by atoms with E-state index in [-0.39, 0.29) is 12.4 Å². The quantitative estimate of drug-likeness (QED) is 0.893. The minimum absolute atomic E-state index is 0.0495. The molecule has 0 aliphatic rings. The molecule has 0 bridgehead atoms.